The first-order valence-electron chi connectivity index (χ1n) is 7.17. The molecule has 118 valence electrons. The molecule has 6 heteroatoms. The van der Waals surface area contributed by atoms with Gasteiger partial charge in [0.15, 0.2) is 0 Å². The van der Waals surface area contributed by atoms with Gasteiger partial charge in [0.05, 0.1) is 5.69 Å². The highest BCUT2D eigenvalue weighted by molar-refractivity contribution is 7.89. The molecule has 1 heterocycles. The Morgan fingerprint density at radius 1 is 1.24 bits per heavy atom. The van der Waals surface area contributed by atoms with Gasteiger partial charge in [-0.1, -0.05) is 32.4 Å². The lowest BCUT2D eigenvalue weighted by Gasteiger charge is -2.38. The molecule has 0 radical (unpaired) electrons. The predicted octanol–water partition coefficient (Wildman–Crippen LogP) is 3.37. The molecule has 1 aromatic rings. The standard InChI is InChI=1S/C15H23ClN2O2S/c1-15(2,3)11-6-8-18(9-7-11)21(19,20)14-5-4-12(16)10-13(14)17/h4-5,10-11H,6-9,17H2,1-3H3. The third-order valence-electron chi connectivity index (χ3n) is 4.27. The molecule has 1 aromatic carbocycles. The number of halogens is 1. The zero-order valence-electron chi connectivity index (χ0n) is 12.8. The van der Waals surface area contributed by atoms with Gasteiger partial charge < -0.3 is 5.73 Å². The molecule has 2 N–H and O–H groups in total. The fourth-order valence-electron chi connectivity index (χ4n) is 2.86. The van der Waals surface area contributed by atoms with Gasteiger partial charge >= 0.3 is 0 Å². The van der Waals surface area contributed by atoms with E-state index in [0.29, 0.717) is 24.0 Å². The summed E-state index contributed by atoms with van der Waals surface area (Å²) < 4.78 is 26.9. The topological polar surface area (TPSA) is 63.4 Å². The van der Waals surface area contributed by atoms with Gasteiger partial charge in [-0.2, -0.15) is 4.31 Å². The summed E-state index contributed by atoms with van der Waals surface area (Å²) in [6, 6.07) is 4.53. The summed E-state index contributed by atoms with van der Waals surface area (Å²) in [6.45, 7) is 7.72. The number of nitrogens with two attached hydrogens (primary N) is 1. The summed E-state index contributed by atoms with van der Waals surface area (Å²) >= 11 is 5.83. The third kappa shape index (κ3) is 3.52. The highest BCUT2D eigenvalue weighted by Gasteiger charge is 2.34. The lowest BCUT2D eigenvalue weighted by atomic mass is 9.76. The van der Waals surface area contributed by atoms with Gasteiger partial charge in [-0.15, -0.1) is 0 Å². The minimum atomic E-state index is -3.53. The second-order valence-corrected chi connectivity index (χ2v) is 9.07. The lowest BCUT2D eigenvalue weighted by Crippen LogP contribution is -2.41. The summed E-state index contributed by atoms with van der Waals surface area (Å²) in [5.41, 5.74) is 6.25. The zero-order chi connectivity index (χ0) is 15.8. The van der Waals surface area contributed by atoms with Crippen molar-refractivity contribution < 1.29 is 8.42 Å². The fourth-order valence-corrected chi connectivity index (χ4v) is 4.60. The van der Waals surface area contributed by atoms with Gasteiger partial charge in [-0.3, -0.25) is 0 Å². The van der Waals surface area contributed by atoms with Gasteiger partial charge in [-0.05, 0) is 42.4 Å². The Labute approximate surface area is 132 Å². The SMILES string of the molecule is CC(C)(C)C1CCN(S(=O)(=O)c2ccc(Cl)cc2N)CC1. The number of hydrogen-bond acceptors (Lipinski definition) is 3. The van der Waals surface area contributed by atoms with Gasteiger partial charge in [0, 0.05) is 18.1 Å². The summed E-state index contributed by atoms with van der Waals surface area (Å²) in [5.74, 6) is 0.548. The summed E-state index contributed by atoms with van der Waals surface area (Å²) in [5, 5.41) is 0.442. The first kappa shape index (κ1) is 16.6. The van der Waals surface area contributed by atoms with Crippen LogP contribution in [0.3, 0.4) is 0 Å². The van der Waals surface area contributed by atoms with E-state index in [4.69, 9.17) is 17.3 Å². The average molecular weight is 331 g/mol. The predicted molar refractivity (Wildman–Crippen MR) is 86.8 cm³/mol. The van der Waals surface area contributed by atoms with Gasteiger partial charge in [0.25, 0.3) is 0 Å². The molecular formula is C15H23ClN2O2S. The largest absolute Gasteiger partial charge is 0.398 e. The minimum Gasteiger partial charge on any atom is -0.398 e. The number of benzene rings is 1. The van der Waals surface area contributed by atoms with E-state index in [2.05, 4.69) is 20.8 Å². The second kappa shape index (κ2) is 5.78. The maximum absolute atomic E-state index is 12.7. The van der Waals surface area contributed by atoms with Crippen LogP contribution in [0.4, 0.5) is 5.69 Å². The molecule has 4 nitrogen and oxygen atoms in total. The molecule has 0 aromatic heterocycles. The Bertz CT molecular complexity index is 615. The Balaban J connectivity index is 2.19. The van der Waals surface area contributed by atoms with E-state index in [9.17, 15) is 8.42 Å². The molecule has 0 bridgehead atoms. The van der Waals surface area contributed by atoms with Crippen LogP contribution in [0.25, 0.3) is 0 Å². The van der Waals surface area contributed by atoms with Crippen LogP contribution in [0.2, 0.25) is 5.02 Å². The van der Waals surface area contributed by atoms with Crippen molar-refractivity contribution in [3.05, 3.63) is 23.2 Å². The molecule has 1 aliphatic heterocycles. The Morgan fingerprint density at radius 3 is 2.29 bits per heavy atom. The quantitative estimate of drug-likeness (QED) is 0.845. The van der Waals surface area contributed by atoms with Crippen LogP contribution in [-0.4, -0.2) is 25.8 Å². The normalized spacial score (nSPS) is 18.9. The maximum Gasteiger partial charge on any atom is 0.245 e. The van der Waals surface area contributed by atoms with Crippen LogP contribution < -0.4 is 5.73 Å². The monoisotopic (exact) mass is 330 g/mol. The third-order valence-corrected chi connectivity index (χ3v) is 6.48. The van der Waals surface area contributed by atoms with Crippen molar-refractivity contribution >= 4 is 27.3 Å². The molecule has 1 saturated heterocycles. The molecule has 21 heavy (non-hydrogen) atoms. The Morgan fingerprint density at radius 2 is 1.81 bits per heavy atom. The second-order valence-electron chi connectivity index (χ2n) is 6.73. The number of rotatable bonds is 2. The number of anilines is 1. The lowest BCUT2D eigenvalue weighted by molar-refractivity contribution is 0.154. The number of sulfonamides is 1. The van der Waals surface area contributed by atoms with Crippen LogP contribution >= 0.6 is 11.6 Å². The Kier molecular flexibility index (Phi) is 4.57. The molecule has 0 saturated carbocycles. The van der Waals surface area contributed by atoms with E-state index in [-0.39, 0.29) is 16.0 Å². The van der Waals surface area contributed by atoms with Crippen LogP contribution in [0, 0.1) is 11.3 Å². The zero-order valence-corrected chi connectivity index (χ0v) is 14.3. The molecule has 1 fully saturated rings. The van der Waals surface area contributed by atoms with Crippen molar-refractivity contribution in [1.82, 2.24) is 4.31 Å². The molecule has 0 atom stereocenters. The van der Waals surface area contributed by atoms with E-state index in [0.717, 1.165) is 12.8 Å². The average Bonchev–Trinajstić information content (AvgIpc) is 2.37. The number of nitrogen functional groups attached to an aromatic ring is 1. The van der Waals surface area contributed by atoms with Crippen molar-refractivity contribution in [2.24, 2.45) is 11.3 Å². The molecule has 0 amide bonds. The van der Waals surface area contributed by atoms with Crippen molar-refractivity contribution in [2.45, 2.75) is 38.5 Å². The van der Waals surface area contributed by atoms with Crippen LogP contribution in [0.15, 0.2) is 23.1 Å². The first-order chi connectivity index (χ1) is 9.62. The number of piperidine rings is 1. The fraction of sp³-hybridized carbons (Fsp3) is 0.600. The summed E-state index contributed by atoms with van der Waals surface area (Å²) in [4.78, 5) is 0.154. The maximum atomic E-state index is 12.7. The van der Waals surface area contributed by atoms with E-state index in [1.807, 2.05) is 0 Å². The van der Waals surface area contributed by atoms with Gasteiger partial charge in [0.2, 0.25) is 10.0 Å². The highest BCUT2D eigenvalue weighted by atomic mass is 35.5. The van der Waals surface area contributed by atoms with Gasteiger partial charge in [-0.25, -0.2) is 8.42 Å². The summed E-state index contributed by atoms with van der Waals surface area (Å²) in [6.07, 6.45) is 1.77. The van der Waals surface area contributed by atoms with E-state index in [1.165, 1.54) is 16.4 Å². The van der Waals surface area contributed by atoms with Crippen molar-refractivity contribution in [3.8, 4) is 0 Å². The minimum absolute atomic E-state index is 0.154. The first-order valence-corrected chi connectivity index (χ1v) is 8.99. The molecular weight excluding hydrogens is 308 g/mol. The number of hydrogen-bond donors (Lipinski definition) is 1. The van der Waals surface area contributed by atoms with Crippen molar-refractivity contribution in [3.63, 3.8) is 0 Å². The van der Waals surface area contributed by atoms with Gasteiger partial charge in [0.1, 0.15) is 4.90 Å². The number of nitrogens with zero attached hydrogens (tertiary/aromatic N) is 1. The molecule has 2 rings (SSSR count). The highest BCUT2D eigenvalue weighted by Crippen LogP contribution is 2.36. The molecule has 0 spiro atoms. The van der Waals surface area contributed by atoms with Crippen LogP contribution in [0.5, 0.6) is 0 Å². The summed E-state index contributed by atoms with van der Waals surface area (Å²) in [7, 11) is -3.53. The van der Waals surface area contributed by atoms with Crippen LogP contribution in [0.1, 0.15) is 33.6 Å². The molecule has 0 unspecified atom stereocenters. The van der Waals surface area contributed by atoms with Crippen molar-refractivity contribution in [2.75, 3.05) is 18.8 Å². The van der Waals surface area contributed by atoms with E-state index < -0.39 is 10.0 Å². The molecule has 0 aliphatic carbocycles. The van der Waals surface area contributed by atoms with E-state index in [1.54, 1.807) is 6.07 Å². The smallest absolute Gasteiger partial charge is 0.245 e. The Hall–Kier alpha value is -0.780. The van der Waals surface area contributed by atoms with Crippen LogP contribution in [-0.2, 0) is 10.0 Å². The van der Waals surface area contributed by atoms with E-state index >= 15 is 0 Å². The molecule has 1 aliphatic rings. The van der Waals surface area contributed by atoms with Crippen molar-refractivity contribution in [1.29, 1.82) is 0 Å².